The molecule has 0 aliphatic carbocycles. The summed E-state index contributed by atoms with van der Waals surface area (Å²) < 4.78 is 0. The molecule has 0 saturated heterocycles. The van der Waals surface area contributed by atoms with Gasteiger partial charge in [0.05, 0.1) is 0 Å². The molecule has 0 radical (unpaired) electrons. The number of hydrogen-bond acceptors (Lipinski definition) is 2. The zero-order valence-electron chi connectivity index (χ0n) is 10.4. The molecule has 0 aromatic rings. The molecule has 15 heavy (non-hydrogen) atoms. The summed E-state index contributed by atoms with van der Waals surface area (Å²) in [6.07, 6.45) is 0.418. The third-order valence-electron chi connectivity index (χ3n) is 2.01. The van der Waals surface area contributed by atoms with E-state index in [0.717, 1.165) is 0 Å². The van der Waals surface area contributed by atoms with Crippen LogP contribution in [0, 0.1) is 23.2 Å². The van der Waals surface area contributed by atoms with E-state index in [1.165, 1.54) is 0 Å². The second kappa shape index (κ2) is 5.92. The number of hydrogen-bond donors (Lipinski definition) is 1. The Morgan fingerprint density at radius 2 is 1.87 bits per heavy atom. The summed E-state index contributed by atoms with van der Waals surface area (Å²) in [5, 5.41) is 9.66. The summed E-state index contributed by atoms with van der Waals surface area (Å²) >= 11 is 0. The van der Waals surface area contributed by atoms with Gasteiger partial charge < -0.3 is 9.90 Å². The second-order valence-electron chi connectivity index (χ2n) is 5.21. The van der Waals surface area contributed by atoms with E-state index in [0.29, 0.717) is 12.8 Å². The zero-order chi connectivity index (χ0) is 12.1. The summed E-state index contributed by atoms with van der Waals surface area (Å²) in [5.41, 5.74) is -0.170. The van der Waals surface area contributed by atoms with Gasteiger partial charge in [0.2, 0.25) is 0 Å². The van der Waals surface area contributed by atoms with Gasteiger partial charge in [0, 0.05) is 12.3 Å². The first-order chi connectivity index (χ1) is 6.73. The lowest BCUT2D eigenvalue weighted by molar-refractivity contribution is -0.119. The fraction of sp³-hybridized carbons (Fsp3) is 0.769. The Balaban J connectivity index is 4.23. The summed E-state index contributed by atoms with van der Waals surface area (Å²) in [4.78, 5) is 11.0. The molecule has 0 aliphatic rings. The Kier molecular flexibility index (Phi) is 5.60. The molecule has 1 unspecified atom stereocenters. The number of carbonyl (C=O) groups is 1. The smallest absolute Gasteiger partial charge is 0.130 e. The molecule has 0 heterocycles. The fourth-order valence-corrected chi connectivity index (χ4v) is 1.58. The van der Waals surface area contributed by atoms with Gasteiger partial charge in [-0.3, -0.25) is 0 Å². The van der Waals surface area contributed by atoms with Crippen LogP contribution >= 0.6 is 0 Å². The normalized spacial score (nSPS) is 13.3. The Morgan fingerprint density at radius 3 is 2.27 bits per heavy atom. The van der Waals surface area contributed by atoms with Crippen molar-refractivity contribution in [3.8, 4) is 11.8 Å². The molecule has 0 bridgehead atoms. The first kappa shape index (κ1) is 14.2. The lowest BCUT2D eigenvalue weighted by Gasteiger charge is -2.24. The molecule has 0 aliphatic heterocycles. The predicted molar refractivity (Wildman–Crippen MR) is 62.3 cm³/mol. The molecule has 0 aromatic carbocycles. The monoisotopic (exact) mass is 210 g/mol. The van der Waals surface area contributed by atoms with Crippen LogP contribution in [0.4, 0.5) is 0 Å². The Morgan fingerprint density at radius 1 is 1.33 bits per heavy atom. The number of Topliss-reactive ketones (excluding diaryl/α,β-unsaturated/α-hetero) is 1. The highest BCUT2D eigenvalue weighted by Gasteiger charge is 2.22. The number of ketones is 1. The van der Waals surface area contributed by atoms with Crippen LogP contribution in [-0.4, -0.2) is 17.0 Å². The van der Waals surface area contributed by atoms with Gasteiger partial charge in [-0.2, -0.15) is 0 Å². The Hall–Kier alpha value is -0.810. The molecule has 86 valence electrons. The minimum atomic E-state index is -0.623. The topological polar surface area (TPSA) is 37.3 Å². The largest absolute Gasteiger partial charge is 0.380 e. The van der Waals surface area contributed by atoms with Gasteiger partial charge in [0.15, 0.2) is 0 Å². The summed E-state index contributed by atoms with van der Waals surface area (Å²) in [7, 11) is 0. The van der Waals surface area contributed by atoms with Crippen molar-refractivity contribution in [1.82, 2.24) is 0 Å². The van der Waals surface area contributed by atoms with Crippen molar-refractivity contribution in [2.75, 3.05) is 0 Å². The summed E-state index contributed by atoms with van der Waals surface area (Å²) in [6.45, 7) is 9.51. The molecule has 2 heteroatoms. The van der Waals surface area contributed by atoms with Crippen LogP contribution in [-0.2, 0) is 4.79 Å². The van der Waals surface area contributed by atoms with E-state index in [1.54, 1.807) is 6.92 Å². The van der Waals surface area contributed by atoms with Gasteiger partial charge in [0.1, 0.15) is 11.9 Å². The van der Waals surface area contributed by atoms with Crippen LogP contribution in [0.2, 0.25) is 0 Å². The molecule has 0 aromatic heterocycles. The van der Waals surface area contributed by atoms with E-state index in [2.05, 4.69) is 11.8 Å². The van der Waals surface area contributed by atoms with Gasteiger partial charge in [-0.1, -0.05) is 39.5 Å². The van der Waals surface area contributed by atoms with Crippen LogP contribution in [0.1, 0.15) is 47.5 Å². The van der Waals surface area contributed by atoms with Gasteiger partial charge in [-0.05, 0) is 18.8 Å². The Bertz CT molecular complexity index is 266. The molecule has 0 spiro atoms. The highest BCUT2D eigenvalue weighted by atomic mass is 16.3. The number of aliphatic hydroxyl groups is 1. The standard InChI is InChI=1S/C13H22O2/c1-10(2)6-7-12(15)9-13(4,5)8-11(3)14/h10,12,15H,8-9H2,1-5H3. The highest BCUT2D eigenvalue weighted by molar-refractivity contribution is 5.76. The van der Waals surface area contributed by atoms with Crippen molar-refractivity contribution in [3.63, 3.8) is 0 Å². The lowest BCUT2D eigenvalue weighted by atomic mass is 9.82. The number of carbonyl (C=O) groups excluding carboxylic acids is 1. The predicted octanol–water partition coefficient (Wildman–Crippen LogP) is 2.40. The third-order valence-corrected chi connectivity index (χ3v) is 2.01. The van der Waals surface area contributed by atoms with E-state index in [-0.39, 0.29) is 17.1 Å². The molecule has 0 saturated carbocycles. The molecule has 0 fully saturated rings. The summed E-state index contributed by atoms with van der Waals surface area (Å²) in [6, 6.07) is 0. The van der Waals surface area contributed by atoms with E-state index < -0.39 is 6.10 Å². The zero-order valence-corrected chi connectivity index (χ0v) is 10.4. The van der Waals surface area contributed by atoms with Gasteiger partial charge >= 0.3 is 0 Å². The number of rotatable bonds is 4. The maximum atomic E-state index is 11.0. The molecular formula is C13H22O2. The average Bonchev–Trinajstić information content (AvgIpc) is 1.96. The molecular weight excluding hydrogens is 188 g/mol. The second-order valence-corrected chi connectivity index (χ2v) is 5.21. The molecule has 1 N–H and O–H groups in total. The molecule has 0 rings (SSSR count). The van der Waals surface area contributed by atoms with Crippen LogP contribution < -0.4 is 0 Å². The van der Waals surface area contributed by atoms with E-state index in [4.69, 9.17) is 0 Å². The van der Waals surface area contributed by atoms with Gasteiger partial charge in [0.25, 0.3) is 0 Å². The number of aliphatic hydroxyl groups excluding tert-OH is 1. The summed E-state index contributed by atoms with van der Waals surface area (Å²) in [5.74, 6) is 6.17. The van der Waals surface area contributed by atoms with Crippen LogP contribution in [0.25, 0.3) is 0 Å². The van der Waals surface area contributed by atoms with E-state index >= 15 is 0 Å². The average molecular weight is 210 g/mol. The maximum Gasteiger partial charge on any atom is 0.130 e. The molecule has 2 nitrogen and oxygen atoms in total. The third kappa shape index (κ3) is 8.20. The van der Waals surface area contributed by atoms with E-state index in [9.17, 15) is 9.90 Å². The minimum Gasteiger partial charge on any atom is -0.380 e. The fourth-order valence-electron chi connectivity index (χ4n) is 1.58. The quantitative estimate of drug-likeness (QED) is 0.723. The van der Waals surface area contributed by atoms with Crippen molar-refractivity contribution in [2.24, 2.45) is 11.3 Å². The van der Waals surface area contributed by atoms with Crippen LogP contribution in [0.3, 0.4) is 0 Å². The Labute approximate surface area is 93.1 Å². The molecule has 0 amide bonds. The molecule has 1 atom stereocenters. The van der Waals surface area contributed by atoms with Crippen LogP contribution in [0.5, 0.6) is 0 Å². The van der Waals surface area contributed by atoms with Crippen molar-refractivity contribution in [1.29, 1.82) is 0 Å². The van der Waals surface area contributed by atoms with Gasteiger partial charge in [-0.25, -0.2) is 0 Å². The lowest BCUT2D eigenvalue weighted by Crippen LogP contribution is -2.22. The van der Waals surface area contributed by atoms with E-state index in [1.807, 2.05) is 27.7 Å². The van der Waals surface area contributed by atoms with Crippen LogP contribution in [0.15, 0.2) is 0 Å². The van der Waals surface area contributed by atoms with Crippen molar-refractivity contribution in [2.45, 2.75) is 53.6 Å². The van der Waals surface area contributed by atoms with Crippen molar-refractivity contribution >= 4 is 5.78 Å². The van der Waals surface area contributed by atoms with Gasteiger partial charge in [-0.15, -0.1) is 0 Å². The van der Waals surface area contributed by atoms with Crippen molar-refractivity contribution in [3.05, 3.63) is 0 Å². The maximum absolute atomic E-state index is 11.0. The van der Waals surface area contributed by atoms with Crippen molar-refractivity contribution < 1.29 is 9.90 Å². The first-order valence-electron chi connectivity index (χ1n) is 5.41. The first-order valence-corrected chi connectivity index (χ1v) is 5.41. The minimum absolute atomic E-state index is 0.156. The highest BCUT2D eigenvalue weighted by Crippen LogP contribution is 2.26. The SMILES string of the molecule is CC(=O)CC(C)(C)CC(O)C#CC(C)C.